The Balaban J connectivity index is -0.0000000383. The molecule has 66 valence electrons. The molecule has 7 N–H and O–H groups in total. The Morgan fingerprint density at radius 2 is 1.27 bits per heavy atom. The molecule has 9 heteroatoms. The molecule has 0 atom stereocenters. The first-order valence-electron chi connectivity index (χ1n) is 1.71. The van der Waals surface area contributed by atoms with E-state index in [9.17, 15) is 0 Å². The van der Waals surface area contributed by atoms with Gasteiger partial charge in [0.05, 0.1) is 0 Å². The van der Waals surface area contributed by atoms with Crippen LogP contribution in [0.1, 0.15) is 6.92 Å². The third kappa shape index (κ3) is 680. The minimum absolute atomic E-state index is 0. The summed E-state index contributed by atoms with van der Waals surface area (Å²) in [6.07, 6.45) is 0. The van der Waals surface area contributed by atoms with E-state index >= 15 is 0 Å². The van der Waals surface area contributed by atoms with Crippen LogP contribution in [0, 0.1) is 0 Å². The molecule has 0 aromatic rings. The van der Waals surface area contributed by atoms with Crippen LogP contribution in [0.25, 0.3) is 0 Å². The SMILES string of the molecule is CC(=O)O.N.O=P(O)(O)O.[KH]. The Bertz CT molecular complexity index is 120. The van der Waals surface area contributed by atoms with E-state index in [1.165, 1.54) is 0 Å². The number of carboxylic acids is 1. The number of carboxylic acid groups (broad SMARTS) is 1. The monoisotopic (exact) mass is 215 g/mol. The van der Waals surface area contributed by atoms with Gasteiger partial charge in [0.25, 0.3) is 5.97 Å². The molecule has 0 spiro atoms. The van der Waals surface area contributed by atoms with Crippen LogP contribution in [0.4, 0.5) is 0 Å². The molecule has 0 saturated heterocycles. The van der Waals surface area contributed by atoms with E-state index in [0.29, 0.717) is 0 Å². The average Bonchev–Trinajstić information content (AvgIpc) is 1.19. The minimum atomic E-state index is -4.64. The second-order valence-corrected chi connectivity index (χ2v) is 2.06. The first kappa shape index (κ1) is 22.8. The molecule has 0 aliphatic carbocycles. The van der Waals surface area contributed by atoms with Crippen molar-refractivity contribution in [2.75, 3.05) is 0 Å². The maximum absolute atomic E-state index is 9.00. The summed E-state index contributed by atoms with van der Waals surface area (Å²) in [7, 11) is -4.64. The van der Waals surface area contributed by atoms with Gasteiger partial charge < -0.3 is 25.9 Å². The van der Waals surface area contributed by atoms with Crippen LogP contribution in [-0.2, 0) is 9.36 Å². The van der Waals surface area contributed by atoms with Crippen molar-refractivity contribution in [3.8, 4) is 0 Å². The van der Waals surface area contributed by atoms with E-state index in [4.69, 9.17) is 29.1 Å². The summed E-state index contributed by atoms with van der Waals surface area (Å²) in [5.74, 6) is -0.833. The first-order valence-corrected chi connectivity index (χ1v) is 3.28. The van der Waals surface area contributed by atoms with Crippen LogP contribution >= 0.6 is 7.82 Å². The van der Waals surface area contributed by atoms with Gasteiger partial charge in [-0.1, -0.05) is 0 Å². The predicted molar refractivity (Wildman–Crippen MR) is 39.7 cm³/mol. The van der Waals surface area contributed by atoms with E-state index < -0.39 is 13.8 Å². The number of rotatable bonds is 0. The predicted octanol–water partition coefficient (Wildman–Crippen LogP) is -1.32. The van der Waals surface area contributed by atoms with Crippen molar-refractivity contribution in [2.24, 2.45) is 0 Å². The van der Waals surface area contributed by atoms with Crippen LogP contribution in [0.3, 0.4) is 0 Å². The van der Waals surface area contributed by atoms with Gasteiger partial charge in [0.1, 0.15) is 0 Å². The summed E-state index contributed by atoms with van der Waals surface area (Å²) in [5, 5.41) is 7.42. The van der Waals surface area contributed by atoms with Crippen molar-refractivity contribution < 1.29 is 29.1 Å². The molecular formula is C2H11KNO6P. The van der Waals surface area contributed by atoms with Crippen molar-refractivity contribution in [2.45, 2.75) is 6.92 Å². The van der Waals surface area contributed by atoms with Gasteiger partial charge in [0.15, 0.2) is 0 Å². The van der Waals surface area contributed by atoms with E-state index in [-0.39, 0.29) is 57.5 Å². The van der Waals surface area contributed by atoms with Crippen LogP contribution in [0.15, 0.2) is 0 Å². The van der Waals surface area contributed by atoms with Crippen molar-refractivity contribution in [3.63, 3.8) is 0 Å². The molecule has 0 aliphatic heterocycles. The Morgan fingerprint density at radius 1 is 1.27 bits per heavy atom. The third-order valence-electron chi connectivity index (χ3n) is 0. The summed E-state index contributed by atoms with van der Waals surface area (Å²) >= 11 is 0. The standard InChI is InChI=1S/C2H4O2.K.H3N.H3O4P.H/c1-2(3)4;;;1-5(2,3)4;/h1H3,(H,3,4);;1H3;(H3,1,2,3,4);. The fourth-order valence-electron chi connectivity index (χ4n) is 0. The molecule has 0 fully saturated rings. The number of phosphoric acid groups is 1. The molecule has 0 amide bonds. The molecular weight excluding hydrogens is 204 g/mol. The second kappa shape index (κ2) is 11.2. The number of aliphatic carboxylic acids is 1. The molecule has 7 nitrogen and oxygen atoms in total. The Labute approximate surface area is 106 Å². The Kier molecular flexibility index (Phi) is 23.1. The zero-order valence-corrected chi connectivity index (χ0v) is 6.15. The van der Waals surface area contributed by atoms with E-state index in [1.807, 2.05) is 0 Å². The van der Waals surface area contributed by atoms with Crippen LogP contribution in [0.2, 0.25) is 0 Å². The van der Waals surface area contributed by atoms with Crippen molar-refractivity contribution >= 4 is 65.2 Å². The molecule has 0 heterocycles. The molecule has 0 bridgehead atoms. The molecule has 0 saturated carbocycles. The van der Waals surface area contributed by atoms with Crippen molar-refractivity contribution in [1.82, 2.24) is 6.15 Å². The van der Waals surface area contributed by atoms with Crippen LogP contribution < -0.4 is 6.15 Å². The number of hydrogen-bond donors (Lipinski definition) is 5. The Hall–Kier alpha value is 1.18. The van der Waals surface area contributed by atoms with E-state index in [2.05, 4.69) is 0 Å². The van der Waals surface area contributed by atoms with Gasteiger partial charge in [-0.2, -0.15) is 0 Å². The summed E-state index contributed by atoms with van der Waals surface area (Å²) in [4.78, 5) is 30.6. The molecule has 11 heavy (non-hydrogen) atoms. The summed E-state index contributed by atoms with van der Waals surface area (Å²) < 4.78 is 8.88. The molecule has 0 rings (SSSR count). The molecule has 0 aromatic heterocycles. The summed E-state index contributed by atoms with van der Waals surface area (Å²) in [5.41, 5.74) is 0. The second-order valence-electron chi connectivity index (χ2n) is 1.03. The van der Waals surface area contributed by atoms with Gasteiger partial charge in [-0.3, -0.25) is 4.79 Å². The van der Waals surface area contributed by atoms with Crippen LogP contribution in [0.5, 0.6) is 0 Å². The normalized spacial score (nSPS) is 7.64. The van der Waals surface area contributed by atoms with Crippen molar-refractivity contribution in [1.29, 1.82) is 0 Å². The van der Waals surface area contributed by atoms with Gasteiger partial charge in [0, 0.05) is 6.92 Å². The molecule has 0 aromatic carbocycles. The van der Waals surface area contributed by atoms with Gasteiger partial charge in [0.2, 0.25) is 0 Å². The zero-order valence-electron chi connectivity index (χ0n) is 5.26. The fraction of sp³-hybridized carbons (Fsp3) is 0.500. The zero-order chi connectivity index (χ0) is 8.08. The van der Waals surface area contributed by atoms with Gasteiger partial charge in [-0.15, -0.1) is 0 Å². The average molecular weight is 215 g/mol. The van der Waals surface area contributed by atoms with Crippen LogP contribution in [-0.4, -0.2) is 77.1 Å². The summed E-state index contributed by atoms with van der Waals surface area (Å²) in [6, 6.07) is 0. The maximum atomic E-state index is 9.00. The van der Waals surface area contributed by atoms with Crippen molar-refractivity contribution in [3.05, 3.63) is 0 Å². The van der Waals surface area contributed by atoms with Gasteiger partial charge in [-0.05, 0) is 0 Å². The van der Waals surface area contributed by atoms with E-state index in [0.717, 1.165) is 6.92 Å². The van der Waals surface area contributed by atoms with Gasteiger partial charge in [-0.25, -0.2) is 4.57 Å². The first-order chi connectivity index (χ1) is 3.73. The van der Waals surface area contributed by atoms with E-state index in [1.54, 1.807) is 0 Å². The number of carbonyl (C=O) groups is 1. The number of hydrogen-bond acceptors (Lipinski definition) is 3. The topological polar surface area (TPSA) is 150 Å². The Morgan fingerprint density at radius 3 is 1.27 bits per heavy atom. The molecule has 0 radical (unpaired) electrons. The fourth-order valence-corrected chi connectivity index (χ4v) is 0. The quantitative estimate of drug-likeness (QED) is 0.248. The van der Waals surface area contributed by atoms with Gasteiger partial charge >= 0.3 is 59.2 Å². The summed E-state index contributed by atoms with van der Waals surface area (Å²) in [6.45, 7) is 1.08. The molecule has 0 aliphatic rings. The third-order valence-corrected chi connectivity index (χ3v) is 0. The molecule has 0 unspecified atom stereocenters.